The second-order valence-corrected chi connectivity index (χ2v) is 5.06. The second-order valence-electron chi connectivity index (χ2n) is 5.06. The summed E-state index contributed by atoms with van der Waals surface area (Å²) in [6.07, 6.45) is 0. The van der Waals surface area contributed by atoms with Crippen LogP contribution in [0.15, 0.2) is 18.2 Å². The first-order chi connectivity index (χ1) is 7.32. The van der Waals surface area contributed by atoms with Crippen molar-refractivity contribution in [2.45, 2.75) is 38.9 Å². The maximum atomic E-state index is 12.7. The lowest BCUT2D eigenvalue weighted by Crippen LogP contribution is -2.41. The summed E-state index contributed by atoms with van der Waals surface area (Å²) in [7, 11) is -0.443. The summed E-state index contributed by atoms with van der Waals surface area (Å²) in [5, 5.41) is 0. The van der Waals surface area contributed by atoms with Crippen LogP contribution in [0.2, 0.25) is 0 Å². The monoisotopic (exact) mass is 221 g/mol. The number of halogens is 1. The average molecular weight is 221 g/mol. The van der Waals surface area contributed by atoms with Gasteiger partial charge in [-0.3, -0.25) is 0 Å². The molecule has 1 radical (unpaired) electrons. The van der Waals surface area contributed by atoms with Gasteiger partial charge in [-0.2, -0.15) is 0 Å². The van der Waals surface area contributed by atoms with E-state index < -0.39 is 7.12 Å². The quantitative estimate of drug-likeness (QED) is 0.674. The van der Waals surface area contributed by atoms with Crippen LogP contribution in [0.1, 0.15) is 27.7 Å². The number of benzene rings is 1. The minimum absolute atomic E-state index is 0.369. The summed E-state index contributed by atoms with van der Waals surface area (Å²) in [5.74, 6) is -0.375. The summed E-state index contributed by atoms with van der Waals surface area (Å²) >= 11 is 0. The zero-order valence-corrected chi connectivity index (χ0v) is 10.0. The number of hydrogen-bond donors (Lipinski definition) is 0. The van der Waals surface area contributed by atoms with E-state index in [4.69, 9.17) is 9.31 Å². The Morgan fingerprint density at radius 1 is 1.12 bits per heavy atom. The smallest absolute Gasteiger partial charge is 0.399 e. The highest BCUT2D eigenvalue weighted by molar-refractivity contribution is 6.62. The first-order valence-electron chi connectivity index (χ1n) is 5.35. The Morgan fingerprint density at radius 3 is 2.12 bits per heavy atom. The van der Waals surface area contributed by atoms with Gasteiger partial charge < -0.3 is 9.31 Å². The molecule has 1 fully saturated rings. The molecule has 1 aliphatic heterocycles. The zero-order valence-electron chi connectivity index (χ0n) is 10.0. The molecule has 1 aliphatic rings. The highest BCUT2D eigenvalue weighted by Crippen LogP contribution is 2.36. The Balaban J connectivity index is 2.23. The summed E-state index contributed by atoms with van der Waals surface area (Å²) in [6, 6.07) is 7.09. The highest BCUT2D eigenvalue weighted by atomic mass is 19.1. The van der Waals surface area contributed by atoms with Crippen molar-refractivity contribution >= 4 is 12.6 Å². The molecule has 1 heterocycles. The molecule has 4 heteroatoms. The average Bonchev–Trinajstić information content (AvgIpc) is 2.37. The Morgan fingerprint density at radius 2 is 1.69 bits per heavy atom. The van der Waals surface area contributed by atoms with Crippen molar-refractivity contribution in [2.75, 3.05) is 0 Å². The minimum Gasteiger partial charge on any atom is -0.399 e. The van der Waals surface area contributed by atoms with Crippen LogP contribution >= 0.6 is 0 Å². The summed E-state index contributed by atoms with van der Waals surface area (Å²) in [6.45, 7) is 7.95. The molecule has 1 aromatic carbocycles. The molecule has 0 spiro atoms. The van der Waals surface area contributed by atoms with Crippen LogP contribution in [0.25, 0.3) is 0 Å². The molecule has 16 heavy (non-hydrogen) atoms. The lowest BCUT2D eigenvalue weighted by atomic mass is 9.79. The fourth-order valence-electron chi connectivity index (χ4n) is 1.54. The predicted octanol–water partition coefficient (Wildman–Crippen LogP) is 1.93. The third-order valence-corrected chi connectivity index (χ3v) is 3.32. The molecule has 0 unspecified atom stereocenters. The largest absolute Gasteiger partial charge is 0.494 e. The van der Waals surface area contributed by atoms with Gasteiger partial charge in [-0.25, -0.2) is 4.39 Å². The topological polar surface area (TPSA) is 18.5 Å². The molecule has 1 saturated heterocycles. The van der Waals surface area contributed by atoms with Crippen LogP contribution in [0.4, 0.5) is 4.39 Å². The summed E-state index contributed by atoms with van der Waals surface area (Å²) in [4.78, 5) is 0. The fourth-order valence-corrected chi connectivity index (χ4v) is 1.54. The zero-order chi connectivity index (χ0) is 12.0. The first-order valence-corrected chi connectivity index (χ1v) is 5.35. The Bertz CT molecular complexity index is 371. The maximum Gasteiger partial charge on any atom is 0.494 e. The van der Waals surface area contributed by atoms with E-state index in [1.54, 1.807) is 12.1 Å². The lowest BCUT2D eigenvalue weighted by molar-refractivity contribution is 0.00578. The Kier molecular flexibility index (Phi) is 2.59. The highest BCUT2D eigenvalue weighted by Gasteiger charge is 2.51. The van der Waals surface area contributed by atoms with Gasteiger partial charge in [0.2, 0.25) is 0 Å². The molecule has 0 atom stereocenters. The van der Waals surface area contributed by atoms with Crippen molar-refractivity contribution in [1.82, 2.24) is 0 Å². The van der Waals surface area contributed by atoms with Crippen molar-refractivity contribution in [1.29, 1.82) is 0 Å². The van der Waals surface area contributed by atoms with E-state index in [1.165, 1.54) is 6.07 Å². The molecule has 0 aliphatic carbocycles. The van der Waals surface area contributed by atoms with E-state index in [9.17, 15) is 4.39 Å². The number of hydrogen-bond acceptors (Lipinski definition) is 2. The molecule has 2 rings (SSSR count). The van der Waals surface area contributed by atoms with Crippen molar-refractivity contribution in [3.8, 4) is 0 Å². The van der Waals surface area contributed by atoms with E-state index in [0.717, 1.165) is 5.46 Å². The van der Waals surface area contributed by atoms with Gasteiger partial charge in [0.1, 0.15) is 5.82 Å². The summed E-state index contributed by atoms with van der Waals surface area (Å²) < 4.78 is 24.4. The molecule has 0 N–H and O–H groups in total. The van der Waals surface area contributed by atoms with E-state index in [2.05, 4.69) is 6.07 Å². The SMILES string of the molecule is CC1(C)OB(c2c[c]c(F)cc2)OC1(C)C. The van der Waals surface area contributed by atoms with Crippen LogP contribution in [-0.4, -0.2) is 18.3 Å². The molecule has 85 valence electrons. The van der Waals surface area contributed by atoms with Gasteiger partial charge in [0, 0.05) is 6.07 Å². The van der Waals surface area contributed by atoms with Crippen molar-refractivity contribution in [3.05, 3.63) is 30.1 Å². The van der Waals surface area contributed by atoms with Gasteiger partial charge >= 0.3 is 7.12 Å². The van der Waals surface area contributed by atoms with E-state index in [0.29, 0.717) is 0 Å². The van der Waals surface area contributed by atoms with E-state index in [1.807, 2.05) is 27.7 Å². The second kappa shape index (κ2) is 3.57. The molecule has 0 bridgehead atoms. The standard InChI is InChI=1S/C12H15BFO2/c1-11(2)12(3,4)16-13(15-11)9-5-7-10(14)8-6-9/h5-7H,1-4H3. The third-order valence-electron chi connectivity index (χ3n) is 3.32. The Hall–Kier alpha value is -0.865. The van der Waals surface area contributed by atoms with Crippen molar-refractivity contribution in [2.24, 2.45) is 0 Å². The van der Waals surface area contributed by atoms with Gasteiger partial charge in [0.15, 0.2) is 0 Å². The van der Waals surface area contributed by atoms with Crippen LogP contribution < -0.4 is 5.46 Å². The molecule has 0 saturated carbocycles. The molecule has 1 aromatic rings. The first kappa shape index (κ1) is 11.6. The third kappa shape index (κ3) is 1.87. The summed E-state index contributed by atoms with van der Waals surface area (Å²) in [5.41, 5.74) is 0.0537. The molecular weight excluding hydrogens is 206 g/mol. The minimum atomic E-state index is -0.443. The maximum absolute atomic E-state index is 12.7. The molecule has 2 nitrogen and oxygen atoms in total. The van der Waals surface area contributed by atoms with Gasteiger partial charge in [-0.1, -0.05) is 12.1 Å². The van der Waals surface area contributed by atoms with Crippen LogP contribution in [-0.2, 0) is 9.31 Å². The van der Waals surface area contributed by atoms with Crippen LogP contribution in [0.3, 0.4) is 0 Å². The predicted molar refractivity (Wildman–Crippen MR) is 61.0 cm³/mol. The van der Waals surface area contributed by atoms with Crippen molar-refractivity contribution < 1.29 is 13.7 Å². The van der Waals surface area contributed by atoms with Crippen molar-refractivity contribution in [3.63, 3.8) is 0 Å². The van der Waals surface area contributed by atoms with E-state index >= 15 is 0 Å². The molecular formula is C12H15BFO2. The van der Waals surface area contributed by atoms with Crippen LogP contribution in [0, 0.1) is 11.9 Å². The van der Waals surface area contributed by atoms with Gasteiger partial charge in [0.05, 0.1) is 11.2 Å². The Labute approximate surface area is 95.9 Å². The lowest BCUT2D eigenvalue weighted by Gasteiger charge is -2.32. The van der Waals surface area contributed by atoms with Gasteiger partial charge in [-0.05, 0) is 39.2 Å². The van der Waals surface area contributed by atoms with Gasteiger partial charge in [0.25, 0.3) is 0 Å². The molecule has 0 aromatic heterocycles. The molecule has 0 amide bonds. The van der Waals surface area contributed by atoms with Crippen LogP contribution in [0.5, 0.6) is 0 Å². The normalized spacial score (nSPS) is 22.4. The number of rotatable bonds is 1. The van der Waals surface area contributed by atoms with E-state index in [-0.39, 0.29) is 17.0 Å². The van der Waals surface area contributed by atoms with Gasteiger partial charge in [-0.15, -0.1) is 0 Å². The fraction of sp³-hybridized carbons (Fsp3) is 0.500.